The van der Waals surface area contributed by atoms with Crippen molar-refractivity contribution in [1.82, 2.24) is 20.4 Å². The molecule has 0 aliphatic carbocycles. The second-order valence-corrected chi connectivity index (χ2v) is 9.24. The number of nitrogens with two attached hydrogens (primary N) is 1. The number of carbonyl (C=O) groups excluding carboxylic acids is 4. The summed E-state index contributed by atoms with van der Waals surface area (Å²) in [5, 5.41) is 5.64. The first-order valence-corrected chi connectivity index (χ1v) is 10.9. The molecule has 1 aromatic rings. The van der Waals surface area contributed by atoms with Crippen molar-refractivity contribution in [3.63, 3.8) is 0 Å². The van der Waals surface area contributed by atoms with Gasteiger partial charge in [-0.1, -0.05) is 12.1 Å². The van der Waals surface area contributed by atoms with E-state index in [4.69, 9.17) is 5.73 Å². The van der Waals surface area contributed by atoms with E-state index in [0.29, 0.717) is 38.2 Å². The number of nitrogens with zero attached hydrogens (tertiary/aromatic N) is 2. The van der Waals surface area contributed by atoms with Crippen LogP contribution < -0.4 is 16.4 Å². The lowest BCUT2D eigenvalue weighted by molar-refractivity contribution is -0.137. The lowest BCUT2D eigenvalue weighted by Crippen LogP contribution is -2.54. The molecule has 3 saturated heterocycles. The highest BCUT2D eigenvalue weighted by Crippen LogP contribution is 2.40. The summed E-state index contributed by atoms with van der Waals surface area (Å²) in [7, 11) is 0. The average molecular weight is 425 g/mol. The van der Waals surface area contributed by atoms with Crippen molar-refractivity contribution in [2.24, 2.45) is 17.1 Å². The highest BCUT2D eigenvalue weighted by molar-refractivity contribution is 6.05. The molecule has 1 aromatic carbocycles. The van der Waals surface area contributed by atoms with E-state index in [-0.39, 0.29) is 30.1 Å². The zero-order chi connectivity index (χ0) is 21.8. The highest BCUT2D eigenvalue weighted by Gasteiger charge is 2.51. The van der Waals surface area contributed by atoms with Crippen molar-refractivity contribution in [2.75, 3.05) is 26.2 Å². The fourth-order valence-corrected chi connectivity index (χ4v) is 5.68. The van der Waals surface area contributed by atoms with E-state index in [2.05, 4.69) is 15.5 Å². The molecule has 0 aromatic heterocycles. The van der Waals surface area contributed by atoms with Crippen LogP contribution in [0.4, 0.5) is 0 Å². The molecule has 9 heteroatoms. The molecule has 164 valence electrons. The number of imide groups is 1. The van der Waals surface area contributed by atoms with Gasteiger partial charge in [-0.15, -0.1) is 0 Å². The van der Waals surface area contributed by atoms with E-state index >= 15 is 0 Å². The van der Waals surface area contributed by atoms with Gasteiger partial charge in [0.1, 0.15) is 6.04 Å². The molecule has 0 spiro atoms. The first-order chi connectivity index (χ1) is 14.9. The SMILES string of the molecule is NC(=O)C12CNCCC1CN(Cc1ccc3c(c1)C(=O)N(C1CCC(=O)NC1=O)C3)C2. The van der Waals surface area contributed by atoms with Gasteiger partial charge in [0.15, 0.2) is 0 Å². The maximum Gasteiger partial charge on any atom is 0.255 e. The van der Waals surface area contributed by atoms with Crippen LogP contribution in [0.2, 0.25) is 0 Å². The zero-order valence-electron chi connectivity index (χ0n) is 17.4. The predicted molar refractivity (Wildman–Crippen MR) is 110 cm³/mol. The summed E-state index contributed by atoms with van der Waals surface area (Å²) in [6.07, 6.45) is 1.53. The van der Waals surface area contributed by atoms with Crippen LogP contribution in [0, 0.1) is 11.3 Å². The fraction of sp³-hybridized carbons (Fsp3) is 0.545. The van der Waals surface area contributed by atoms with Crippen LogP contribution in [0.3, 0.4) is 0 Å². The Morgan fingerprint density at radius 1 is 1.23 bits per heavy atom. The number of primary amides is 1. The summed E-state index contributed by atoms with van der Waals surface area (Å²) in [6, 6.07) is 5.26. The van der Waals surface area contributed by atoms with Crippen LogP contribution in [-0.2, 0) is 27.5 Å². The lowest BCUT2D eigenvalue weighted by Gasteiger charge is -2.36. The van der Waals surface area contributed by atoms with Gasteiger partial charge in [0.05, 0.1) is 5.41 Å². The Morgan fingerprint density at radius 3 is 2.81 bits per heavy atom. The second-order valence-electron chi connectivity index (χ2n) is 9.24. The molecule has 0 radical (unpaired) electrons. The Bertz CT molecular complexity index is 979. The van der Waals surface area contributed by atoms with Crippen LogP contribution in [0.1, 0.15) is 40.7 Å². The number of hydrogen-bond acceptors (Lipinski definition) is 6. The molecule has 4 aliphatic rings. The van der Waals surface area contributed by atoms with Crippen LogP contribution in [0.15, 0.2) is 18.2 Å². The number of piperidine rings is 2. The van der Waals surface area contributed by atoms with Gasteiger partial charge < -0.3 is 16.0 Å². The molecule has 3 atom stereocenters. The number of nitrogens with one attached hydrogen (secondary N) is 2. The van der Waals surface area contributed by atoms with Crippen LogP contribution in [0.25, 0.3) is 0 Å². The maximum atomic E-state index is 13.0. The first kappa shape index (κ1) is 20.1. The number of rotatable bonds is 4. The van der Waals surface area contributed by atoms with Gasteiger partial charge in [-0.05, 0) is 42.5 Å². The monoisotopic (exact) mass is 425 g/mol. The Balaban J connectivity index is 1.31. The third-order valence-electron chi connectivity index (χ3n) is 7.37. The normalized spacial score (nSPS) is 30.8. The quantitative estimate of drug-likeness (QED) is 0.551. The van der Waals surface area contributed by atoms with Crippen LogP contribution >= 0.6 is 0 Å². The summed E-state index contributed by atoms with van der Waals surface area (Å²) < 4.78 is 0. The lowest BCUT2D eigenvalue weighted by atomic mass is 9.73. The summed E-state index contributed by atoms with van der Waals surface area (Å²) >= 11 is 0. The molecule has 4 N–H and O–H groups in total. The van der Waals surface area contributed by atoms with Crippen molar-refractivity contribution >= 4 is 23.6 Å². The van der Waals surface area contributed by atoms with Gasteiger partial charge in [-0.25, -0.2) is 0 Å². The fourth-order valence-electron chi connectivity index (χ4n) is 5.68. The molecule has 9 nitrogen and oxygen atoms in total. The molecule has 0 saturated carbocycles. The van der Waals surface area contributed by atoms with Crippen LogP contribution in [-0.4, -0.2) is 65.6 Å². The molecular formula is C22H27N5O4. The van der Waals surface area contributed by atoms with Gasteiger partial charge in [0.25, 0.3) is 5.91 Å². The smallest absolute Gasteiger partial charge is 0.255 e. The molecule has 3 unspecified atom stereocenters. The van der Waals surface area contributed by atoms with Crippen molar-refractivity contribution in [3.05, 3.63) is 34.9 Å². The summed E-state index contributed by atoms with van der Waals surface area (Å²) in [4.78, 5) is 52.7. The highest BCUT2D eigenvalue weighted by atomic mass is 16.2. The number of carbonyl (C=O) groups is 4. The molecule has 4 heterocycles. The molecule has 4 amide bonds. The number of hydrogen-bond donors (Lipinski definition) is 3. The van der Waals surface area contributed by atoms with E-state index in [1.165, 1.54) is 0 Å². The van der Waals surface area contributed by atoms with Crippen molar-refractivity contribution in [2.45, 2.75) is 38.4 Å². The number of benzene rings is 1. The Kier molecular flexibility index (Phi) is 4.82. The summed E-state index contributed by atoms with van der Waals surface area (Å²) in [6.45, 7) is 3.98. The Labute approximate surface area is 180 Å². The number of amides is 4. The molecule has 3 fully saturated rings. The molecular weight excluding hydrogens is 398 g/mol. The Hall–Kier alpha value is -2.78. The third kappa shape index (κ3) is 3.32. The Morgan fingerprint density at radius 2 is 2.06 bits per heavy atom. The van der Waals surface area contributed by atoms with Crippen LogP contribution in [0.5, 0.6) is 0 Å². The van der Waals surface area contributed by atoms with E-state index < -0.39 is 17.4 Å². The molecule has 31 heavy (non-hydrogen) atoms. The first-order valence-electron chi connectivity index (χ1n) is 10.9. The largest absolute Gasteiger partial charge is 0.369 e. The number of fused-ring (bicyclic) bond motifs is 2. The minimum atomic E-state index is -0.606. The van der Waals surface area contributed by atoms with Crippen molar-refractivity contribution in [3.8, 4) is 0 Å². The van der Waals surface area contributed by atoms with E-state index in [0.717, 1.165) is 30.6 Å². The van der Waals surface area contributed by atoms with Gasteiger partial charge in [-0.3, -0.25) is 29.4 Å². The minimum absolute atomic E-state index is 0.167. The van der Waals surface area contributed by atoms with E-state index in [1.807, 2.05) is 18.2 Å². The van der Waals surface area contributed by atoms with Crippen molar-refractivity contribution in [1.29, 1.82) is 0 Å². The van der Waals surface area contributed by atoms with Crippen molar-refractivity contribution < 1.29 is 19.2 Å². The van der Waals surface area contributed by atoms with Gasteiger partial charge in [-0.2, -0.15) is 0 Å². The third-order valence-corrected chi connectivity index (χ3v) is 7.37. The molecule has 5 rings (SSSR count). The molecule has 0 bridgehead atoms. The second kappa shape index (κ2) is 7.42. The minimum Gasteiger partial charge on any atom is -0.369 e. The summed E-state index contributed by atoms with van der Waals surface area (Å²) in [5.74, 6) is -0.841. The molecule has 4 aliphatic heterocycles. The van der Waals surface area contributed by atoms with Gasteiger partial charge in [0.2, 0.25) is 17.7 Å². The standard InChI is InChI=1S/C22H27N5O4/c23-21(31)22-11-24-6-5-15(22)10-26(12-22)8-13-1-2-14-9-27(20(30)16(14)7-13)17-3-4-18(28)25-19(17)29/h1-2,7,15,17,24H,3-6,8-12H2,(H2,23,31)(H,25,28,29). The van der Waals surface area contributed by atoms with E-state index in [1.54, 1.807) is 4.90 Å². The average Bonchev–Trinajstić information content (AvgIpc) is 3.27. The zero-order valence-corrected chi connectivity index (χ0v) is 17.4. The predicted octanol–water partition coefficient (Wildman–Crippen LogP) is -0.656. The van der Waals surface area contributed by atoms with Gasteiger partial charge >= 0.3 is 0 Å². The maximum absolute atomic E-state index is 13.0. The van der Waals surface area contributed by atoms with Gasteiger partial charge in [0, 0.05) is 44.7 Å². The summed E-state index contributed by atoms with van der Waals surface area (Å²) in [5.41, 5.74) is 7.78. The number of likely N-dealkylation sites (tertiary alicyclic amines) is 1. The topological polar surface area (TPSA) is 125 Å². The van der Waals surface area contributed by atoms with E-state index in [9.17, 15) is 19.2 Å².